The van der Waals surface area contributed by atoms with E-state index in [2.05, 4.69) is 21.2 Å². The third-order valence-corrected chi connectivity index (χ3v) is 4.23. The van der Waals surface area contributed by atoms with Crippen LogP contribution in [0.1, 0.15) is 36.0 Å². The maximum atomic E-state index is 12.2. The molecule has 108 valence electrons. The predicted molar refractivity (Wildman–Crippen MR) is 76.5 cm³/mol. The van der Waals surface area contributed by atoms with Crippen molar-refractivity contribution in [2.45, 2.75) is 37.8 Å². The molecule has 2 atom stereocenters. The van der Waals surface area contributed by atoms with E-state index in [1.165, 1.54) is 18.2 Å². The molecule has 1 aliphatic carbocycles. The molecule has 1 amide bonds. The first-order valence-corrected chi connectivity index (χ1v) is 7.20. The zero-order valence-electron chi connectivity index (χ0n) is 10.7. The molecule has 20 heavy (non-hydrogen) atoms. The number of hydrogen-bond donors (Lipinski definition) is 2. The summed E-state index contributed by atoms with van der Waals surface area (Å²) in [6.45, 7) is 0. The minimum atomic E-state index is -0.536. The van der Waals surface area contributed by atoms with E-state index in [0.29, 0.717) is 6.42 Å². The second-order valence-corrected chi connectivity index (χ2v) is 5.68. The Morgan fingerprint density at radius 1 is 1.45 bits per heavy atom. The van der Waals surface area contributed by atoms with Crippen LogP contribution >= 0.6 is 15.9 Å². The largest absolute Gasteiger partial charge is 0.393 e. The number of amides is 1. The van der Waals surface area contributed by atoms with Crippen LogP contribution in [0.25, 0.3) is 0 Å². The molecule has 2 unspecified atom stereocenters. The molecule has 2 rings (SSSR count). The minimum absolute atomic E-state index is 0.0857. The van der Waals surface area contributed by atoms with E-state index in [1.54, 1.807) is 0 Å². The van der Waals surface area contributed by atoms with Crippen LogP contribution < -0.4 is 5.32 Å². The molecule has 0 saturated heterocycles. The van der Waals surface area contributed by atoms with Crippen LogP contribution in [0.3, 0.4) is 0 Å². The lowest BCUT2D eigenvalue weighted by atomic mass is 9.93. The Balaban J connectivity index is 2.13. The Labute approximate surface area is 124 Å². The molecule has 1 fully saturated rings. The third-order valence-electron chi connectivity index (χ3n) is 3.40. The number of rotatable bonds is 3. The van der Waals surface area contributed by atoms with Crippen LogP contribution in [0, 0.1) is 10.1 Å². The third kappa shape index (κ3) is 3.34. The summed E-state index contributed by atoms with van der Waals surface area (Å²) in [5.74, 6) is -0.361. The maximum absolute atomic E-state index is 12.2. The van der Waals surface area contributed by atoms with Crippen LogP contribution in [0.15, 0.2) is 22.7 Å². The van der Waals surface area contributed by atoms with Gasteiger partial charge in [0.15, 0.2) is 0 Å². The van der Waals surface area contributed by atoms with Gasteiger partial charge in [-0.1, -0.05) is 6.07 Å². The first-order chi connectivity index (χ1) is 9.49. The summed E-state index contributed by atoms with van der Waals surface area (Å²) in [6.07, 6.45) is 2.57. The molecule has 7 heteroatoms. The van der Waals surface area contributed by atoms with Crippen LogP contribution in [-0.2, 0) is 0 Å². The van der Waals surface area contributed by atoms with Gasteiger partial charge in [-0.05, 0) is 47.7 Å². The van der Waals surface area contributed by atoms with Crippen molar-refractivity contribution in [3.05, 3.63) is 38.3 Å². The minimum Gasteiger partial charge on any atom is -0.393 e. The van der Waals surface area contributed by atoms with Crippen molar-refractivity contribution in [2.24, 2.45) is 0 Å². The van der Waals surface area contributed by atoms with E-state index in [4.69, 9.17) is 0 Å². The van der Waals surface area contributed by atoms with Crippen LogP contribution in [-0.4, -0.2) is 28.1 Å². The van der Waals surface area contributed by atoms with E-state index in [-0.39, 0.29) is 33.8 Å². The molecule has 0 heterocycles. The number of nitro benzene ring substituents is 1. The van der Waals surface area contributed by atoms with Crippen LogP contribution in [0.2, 0.25) is 0 Å². The number of carbonyl (C=O) groups is 1. The van der Waals surface area contributed by atoms with Crippen LogP contribution in [0.5, 0.6) is 0 Å². The summed E-state index contributed by atoms with van der Waals surface area (Å²) in [5, 5.41) is 23.2. The van der Waals surface area contributed by atoms with Crippen molar-refractivity contribution >= 4 is 27.5 Å². The lowest BCUT2D eigenvalue weighted by Crippen LogP contribution is -2.39. The zero-order valence-corrected chi connectivity index (χ0v) is 12.3. The van der Waals surface area contributed by atoms with Crippen molar-refractivity contribution in [3.8, 4) is 0 Å². The molecule has 2 N–H and O–H groups in total. The Bertz CT molecular complexity index is 535. The Morgan fingerprint density at radius 3 is 2.85 bits per heavy atom. The molecular weight excluding hydrogens is 328 g/mol. The molecule has 0 aliphatic heterocycles. The molecule has 0 spiro atoms. The Kier molecular flexibility index (Phi) is 4.72. The highest BCUT2D eigenvalue weighted by Gasteiger charge is 2.24. The first kappa shape index (κ1) is 14.9. The predicted octanol–water partition coefficient (Wildman–Crippen LogP) is 2.39. The highest BCUT2D eigenvalue weighted by atomic mass is 79.9. The van der Waals surface area contributed by atoms with E-state index in [0.717, 1.165) is 19.3 Å². The topological polar surface area (TPSA) is 92.5 Å². The number of nitrogens with zero attached hydrogens (tertiary/aromatic N) is 1. The summed E-state index contributed by atoms with van der Waals surface area (Å²) >= 11 is 3.11. The quantitative estimate of drug-likeness (QED) is 0.651. The standard InChI is InChI=1S/C13H15BrN2O4/c14-12-10(5-2-6-11(12)16(19)20)13(18)15-8-3-1-4-9(17)7-8/h2,5-6,8-9,17H,1,3-4,7H2,(H,15,18). The van der Waals surface area contributed by atoms with Crippen molar-refractivity contribution in [1.29, 1.82) is 0 Å². The number of aliphatic hydroxyl groups excluding tert-OH is 1. The lowest BCUT2D eigenvalue weighted by Gasteiger charge is -2.26. The van der Waals surface area contributed by atoms with Crippen molar-refractivity contribution in [3.63, 3.8) is 0 Å². The smallest absolute Gasteiger partial charge is 0.284 e. The number of halogens is 1. The molecule has 1 aromatic rings. The molecular formula is C13H15BrN2O4. The Hall–Kier alpha value is -1.47. The summed E-state index contributed by atoms with van der Waals surface area (Å²) < 4.78 is 0.179. The van der Waals surface area contributed by atoms with E-state index < -0.39 is 4.92 Å². The van der Waals surface area contributed by atoms with E-state index in [1.807, 2.05) is 0 Å². The summed E-state index contributed by atoms with van der Waals surface area (Å²) in [5.41, 5.74) is 0.0978. The van der Waals surface area contributed by atoms with E-state index in [9.17, 15) is 20.0 Å². The molecule has 0 aromatic heterocycles. The summed E-state index contributed by atoms with van der Waals surface area (Å²) in [6, 6.07) is 4.27. The van der Waals surface area contributed by atoms with Gasteiger partial charge in [0.05, 0.1) is 16.6 Å². The SMILES string of the molecule is O=C(NC1CCCC(O)C1)c1cccc([N+](=O)[O-])c1Br. The van der Waals surface area contributed by atoms with Gasteiger partial charge in [-0.3, -0.25) is 14.9 Å². The second-order valence-electron chi connectivity index (χ2n) is 4.89. The van der Waals surface area contributed by atoms with Gasteiger partial charge in [0.2, 0.25) is 0 Å². The summed E-state index contributed by atoms with van der Waals surface area (Å²) in [7, 11) is 0. The van der Waals surface area contributed by atoms with Crippen molar-refractivity contribution in [1.82, 2.24) is 5.32 Å². The molecule has 1 saturated carbocycles. The fraction of sp³-hybridized carbons (Fsp3) is 0.462. The highest BCUT2D eigenvalue weighted by molar-refractivity contribution is 9.10. The van der Waals surface area contributed by atoms with Gasteiger partial charge in [0.25, 0.3) is 11.6 Å². The van der Waals surface area contributed by atoms with Crippen molar-refractivity contribution in [2.75, 3.05) is 0 Å². The van der Waals surface area contributed by atoms with Gasteiger partial charge in [-0.15, -0.1) is 0 Å². The van der Waals surface area contributed by atoms with Gasteiger partial charge >= 0.3 is 0 Å². The number of aliphatic hydroxyl groups is 1. The summed E-state index contributed by atoms with van der Waals surface area (Å²) in [4.78, 5) is 22.5. The number of nitrogens with one attached hydrogen (secondary N) is 1. The molecule has 1 aromatic carbocycles. The number of carbonyl (C=O) groups excluding carboxylic acids is 1. The number of nitro groups is 1. The first-order valence-electron chi connectivity index (χ1n) is 6.41. The fourth-order valence-electron chi connectivity index (χ4n) is 2.39. The molecule has 0 bridgehead atoms. The van der Waals surface area contributed by atoms with Gasteiger partial charge in [0.1, 0.15) is 4.47 Å². The van der Waals surface area contributed by atoms with E-state index >= 15 is 0 Å². The van der Waals surface area contributed by atoms with Crippen LogP contribution in [0.4, 0.5) is 5.69 Å². The number of benzene rings is 1. The van der Waals surface area contributed by atoms with Gasteiger partial charge in [-0.25, -0.2) is 0 Å². The average molecular weight is 343 g/mol. The van der Waals surface area contributed by atoms with Gasteiger partial charge in [-0.2, -0.15) is 0 Å². The van der Waals surface area contributed by atoms with Crippen molar-refractivity contribution < 1.29 is 14.8 Å². The Morgan fingerprint density at radius 2 is 2.20 bits per heavy atom. The maximum Gasteiger partial charge on any atom is 0.284 e. The number of hydrogen-bond acceptors (Lipinski definition) is 4. The monoisotopic (exact) mass is 342 g/mol. The molecule has 6 nitrogen and oxygen atoms in total. The molecule has 0 radical (unpaired) electrons. The lowest BCUT2D eigenvalue weighted by molar-refractivity contribution is -0.385. The van der Waals surface area contributed by atoms with Gasteiger partial charge in [0, 0.05) is 12.1 Å². The highest BCUT2D eigenvalue weighted by Crippen LogP contribution is 2.28. The fourth-order valence-corrected chi connectivity index (χ4v) is 2.98. The average Bonchev–Trinajstić information content (AvgIpc) is 2.38. The normalized spacial score (nSPS) is 22.3. The zero-order chi connectivity index (χ0) is 14.7. The van der Waals surface area contributed by atoms with Gasteiger partial charge < -0.3 is 10.4 Å². The second kappa shape index (κ2) is 6.32. The molecule has 1 aliphatic rings.